The van der Waals surface area contributed by atoms with Crippen LogP contribution in [0.3, 0.4) is 0 Å². The van der Waals surface area contributed by atoms with Crippen LogP contribution in [0.4, 0.5) is 15.8 Å². The Morgan fingerprint density at radius 2 is 2.29 bits per heavy atom. The van der Waals surface area contributed by atoms with Gasteiger partial charge in [-0.2, -0.15) is 5.10 Å². The molecule has 1 aromatic carbocycles. The number of aromatic nitrogens is 2. The summed E-state index contributed by atoms with van der Waals surface area (Å²) in [5.74, 6) is -1.65. The number of halogens is 1. The Morgan fingerprint density at radius 1 is 1.57 bits per heavy atom. The van der Waals surface area contributed by atoms with Crippen molar-refractivity contribution < 1.29 is 14.1 Å². The Kier molecular flexibility index (Phi) is 3.83. The third kappa shape index (κ3) is 2.96. The van der Waals surface area contributed by atoms with Gasteiger partial charge in [-0.25, -0.2) is 4.39 Å². The van der Waals surface area contributed by atoms with Crippen LogP contribution in [0.5, 0.6) is 0 Å². The molecule has 8 nitrogen and oxygen atoms in total. The quantitative estimate of drug-likeness (QED) is 0.495. The van der Waals surface area contributed by atoms with Crippen LogP contribution in [-0.4, -0.2) is 20.6 Å². The van der Waals surface area contributed by atoms with Crippen LogP contribution in [0.1, 0.15) is 16.1 Å². The largest absolute Gasteiger partial charge is 0.396 e. The molecule has 0 radical (unpaired) electrons. The first kappa shape index (κ1) is 14.4. The second-order valence-electron chi connectivity index (χ2n) is 4.28. The summed E-state index contributed by atoms with van der Waals surface area (Å²) in [6, 6.07) is 3.27. The van der Waals surface area contributed by atoms with Crippen LogP contribution in [0, 0.1) is 15.9 Å². The van der Waals surface area contributed by atoms with E-state index in [0.29, 0.717) is 11.8 Å². The zero-order chi connectivity index (χ0) is 15.6. The Labute approximate surface area is 118 Å². The number of anilines is 1. The summed E-state index contributed by atoms with van der Waals surface area (Å²) in [5, 5.41) is 17.3. The lowest BCUT2D eigenvalue weighted by atomic mass is 10.1. The van der Waals surface area contributed by atoms with Gasteiger partial charge in [-0.15, -0.1) is 0 Å². The number of amides is 1. The summed E-state index contributed by atoms with van der Waals surface area (Å²) in [6.45, 7) is 0.129. The number of nitrogen functional groups attached to an aromatic ring is 1. The molecule has 0 spiro atoms. The van der Waals surface area contributed by atoms with Crippen molar-refractivity contribution in [3.8, 4) is 0 Å². The van der Waals surface area contributed by atoms with Crippen molar-refractivity contribution in [3.63, 3.8) is 0 Å². The lowest BCUT2D eigenvalue weighted by Gasteiger charge is -2.07. The number of nitro groups is 1. The van der Waals surface area contributed by atoms with Gasteiger partial charge in [0, 0.05) is 13.2 Å². The van der Waals surface area contributed by atoms with Gasteiger partial charge in [0.05, 0.1) is 28.9 Å². The summed E-state index contributed by atoms with van der Waals surface area (Å²) in [4.78, 5) is 22.1. The van der Waals surface area contributed by atoms with Gasteiger partial charge >= 0.3 is 0 Å². The zero-order valence-corrected chi connectivity index (χ0v) is 11.0. The molecule has 21 heavy (non-hydrogen) atoms. The van der Waals surface area contributed by atoms with Gasteiger partial charge in [-0.05, 0) is 12.1 Å². The number of carbonyl (C=O) groups excluding carboxylic acids is 1. The van der Waals surface area contributed by atoms with Crippen LogP contribution in [0.15, 0.2) is 24.4 Å². The highest BCUT2D eigenvalue weighted by atomic mass is 19.1. The van der Waals surface area contributed by atoms with E-state index < -0.39 is 22.3 Å². The van der Waals surface area contributed by atoms with E-state index in [0.717, 1.165) is 6.07 Å². The molecular weight excluding hydrogens is 281 g/mol. The molecule has 1 heterocycles. The van der Waals surface area contributed by atoms with Gasteiger partial charge in [-0.3, -0.25) is 19.6 Å². The van der Waals surface area contributed by atoms with Crippen molar-refractivity contribution in [2.24, 2.45) is 7.05 Å². The van der Waals surface area contributed by atoms with Crippen molar-refractivity contribution in [1.82, 2.24) is 15.1 Å². The first-order valence-corrected chi connectivity index (χ1v) is 5.88. The molecule has 0 aliphatic rings. The molecular formula is C12H12FN5O3. The summed E-state index contributed by atoms with van der Waals surface area (Å²) in [6.07, 6.45) is 1.56. The van der Waals surface area contributed by atoms with E-state index in [1.54, 1.807) is 24.0 Å². The maximum absolute atomic E-state index is 13.3. The van der Waals surface area contributed by atoms with E-state index in [1.165, 1.54) is 0 Å². The minimum Gasteiger partial charge on any atom is -0.396 e. The van der Waals surface area contributed by atoms with E-state index in [4.69, 9.17) is 5.73 Å². The minimum atomic E-state index is -0.940. The van der Waals surface area contributed by atoms with Crippen LogP contribution >= 0.6 is 0 Å². The Morgan fingerprint density at radius 3 is 2.86 bits per heavy atom. The Hall–Kier alpha value is -2.97. The lowest BCUT2D eigenvalue weighted by Crippen LogP contribution is -2.25. The predicted molar refractivity (Wildman–Crippen MR) is 71.8 cm³/mol. The summed E-state index contributed by atoms with van der Waals surface area (Å²) in [5.41, 5.74) is 4.81. The maximum Gasteiger partial charge on any atom is 0.285 e. The molecule has 0 saturated carbocycles. The van der Waals surface area contributed by atoms with E-state index in [1.807, 2.05) is 0 Å². The fraction of sp³-hybridized carbons (Fsp3) is 0.167. The second-order valence-corrected chi connectivity index (χ2v) is 4.28. The Bertz CT molecular complexity index is 713. The number of nitrogens with two attached hydrogens (primary N) is 1. The second kappa shape index (κ2) is 5.57. The number of rotatable bonds is 4. The molecule has 0 saturated heterocycles. The van der Waals surface area contributed by atoms with Crippen LogP contribution in [0.25, 0.3) is 0 Å². The highest BCUT2D eigenvalue weighted by Crippen LogP contribution is 2.24. The molecule has 3 N–H and O–H groups in total. The van der Waals surface area contributed by atoms with Crippen molar-refractivity contribution in [2.45, 2.75) is 6.54 Å². The molecule has 9 heteroatoms. The molecule has 110 valence electrons. The average Bonchev–Trinajstić information content (AvgIpc) is 2.84. The monoisotopic (exact) mass is 293 g/mol. The van der Waals surface area contributed by atoms with Gasteiger partial charge in [0.2, 0.25) is 0 Å². The van der Waals surface area contributed by atoms with Crippen LogP contribution in [0.2, 0.25) is 0 Å². The molecule has 0 aliphatic heterocycles. The predicted octanol–water partition coefficient (Wildman–Crippen LogP) is 0.980. The van der Waals surface area contributed by atoms with Gasteiger partial charge in [-0.1, -0.05) is 0 Å². The molecule has 2 aromatic rings. The summed E-state index contributed by atoms with van der Waals surface area (Å²) in [7, 11) is 1.69. The standard InChI is InChI=1S/C12H12FN5O3/c1-17-7(2-3-16-17)6-15-12(19)8-4-10(14)9(13)5-11(8)18(20)21/h2-5H,6,14H2,1H3,(H,15,19). The normalized spacial score (nSPS) is 10.4. The first-order valence-electron chi connectivity index (χ1n) is 5.88. The zero-order valence-electron chi connectivity index (χ0n) is 11.0. The number of benzene rings is 1. The molecule has 1 amide bonds. The third-order valence-electron chi connectivity index (χ3n) is 2.91. The molecule has 2 rings (SSSR count). The van der Waals surface area contributed by atoms with Gasteiger partial charge < -0.3 is 11.1 Å². The van der Waals surface area contributed by atoms with E-state index in [-0.39, 0.29) is 17.8 Å². The fourth-order valence-electron chi connectivity index (χ4n) is 1.75. The van der Waals surface area contributed by atoms with Crippen LogP contribution < -0.4 is 11.1 Å². The molecule has 0 atom stereocenters. The van der Waals surface area contributed by atoms with E-state index in [9.17, 15) is 19.3 Å². The van der Waals surface area contributed by atoms with Crippen molar-refractivity contribution in [2.75, 3.05) is 5.73 Å². The number of nitrogens with one attached hydrogen (secondary N) is 1. The topological polar surface area (TPSA) is 116 Å². The molecule has 0 unspecified atom stereocenters. The fourth-order valence-corrected chi connectivity index (χ4v) is 1.75. The van der Waals surface area contributed by atoms with E-state index in [2.05, 4.69) is 10.4 Å². The number of hydrogen-bond acceptors (Lipinski definition) is 5. The number of nitrogens with zero attached hydrogens (tertiary/aromatic N) is 3. The van der Waals surface area contributed by atoms with Crippen molar-refractivity contribution >= 4 is 17.3 Å². The maximum atomic E-state index is 13.3. The van der Waals surface area contributed by atoms with Crippen LogP contribution in [-0.2, 0) is 13.6 Å². The van der Waals surface area contributed by atoms with Crippen molar-refractivity contribution in [3.05, 3.63) is 51.6 Å². The molecule has 1 aromatic heterocycles. The van der Waals surface area contributed by atoms with Gasteiger partial charge in [0.1, 0.15) is 5.56 Å². The highest BCUT2D eigenvalue weighted by molar-refractivity contribution is 5.99. The third-order valence-corrected chi connectivity index (χ3v) is 2.91. The lowest BCUT2D eigenvalue weighted by molar-refractivity contribution is -0.385. The number of aryl methyl sites for hydroxylation is 1. The SMILES string of the molecule is Cn1nccc1CNC(=O)c1cc(N)c(F)cc1[N+](=O)[O-]. The molecule has 0 aliphatic carbocycles. The summed E-state index contributed by atoms with van der Waals surface area (Å²) >= 11 is 0. The smallest absolute Gasteiger partial charge is 0.285 e. The molecule has 0 fully saturated rings. The number of hydrogen-bond donors (Lipinski definition) is 2. The van der Waals surface area contributed by atoms with E-state index >= 15 is 0 Å². The number of carbonyl (C=O) groups is 1. The van der Waals surface area contributed by atoms with Gasteiger partial charge in [0.15, 0.2) is 5.82 Å². The minimum absolute atomic E-state index is 0.129. The summed E-state index contributed by atoms with van der Waals surface area (Å²) < 4.78 is 14.8. The average molecular weight is 293 g/mol. The first-order chi connectivity index (χ1) is 9.90. The highest BCUT2D eigenvalue weighted by Gasteiger charge is 2.23. The molecule has 0 bridgehead atoms. The van der Waals surface area contributed by atoms with Crippen molar-refractivity contribution in [1.29, 1.82) is 0 Å². The Balaban J connectivity index is 2.24. The number of nitro benzene ring substituents is 1. The van der Waals surface area contributed by atoms with Gasteiger partial charge in [0.25, 0.3) is 11.6 Å².